The van der Waals surface area contributed by atoms with Crippen molar-refractivity contribution in [3.8, 4) is 16.9 Å². The number of aromatic amines is 1. The molecule has 0 spiro atoms. The first kappa shape index (κ1) is 25.5. The van der Waals surface area contributed by atoms with Crippen molar-refractivity contribution in [1.82, 2.24) is 9.88 Å². The van der Waals surface area contributed by atoms with Gasteiger partial charge in [-0.25, -0.2) is 0 Å². The lowest BCUT2D eigenvalue weighted by atomic mass is 10.0. The fourth-order valence-corrected chi connectivity index (χ4v) is 5.55. The quantitative estimate of drug-likeness (QED) is 0.320. The van der Waals surface area contributed by atoms with E-state index in [0.717, 1.165) is 84.8 Å². The zero-order valence-corrected chi connectivity index (χ0v) is 22.5. The lowest BCUT2D eigenvalue weighted by molar-refractivity contribution is 0.0323. The molecule has 39 heavy (non-hydrogen) atoms. The summed E-state index contributed by atoms with van der Waals surface area (Å²) in [6.07, 6.45) is 3.86. The second kappa shape index (κ2) is 11.5. The van der Waals surface area contributed by atoms with Crippen LogP contribution < -0.4 is 15.0 Å². The summed E-state index contributed by atoms with van der Waals surface area (Å²) in [6, 6.07) is 22.8. The number of para-hydroxylation sites is 2. The molecule has 4 aromatic rings. The molecule has 7 nitrogen and oxygen atoms in total. The third kappa shape index (κ3) is 5.51. The molecule has 6 rings (SSSR count). The highest BCUT2D eigenvalue weighted by Gasteiger charge is 2.26. The van der Waals surface area contributed by atoms with Crippen LogP contribution in [-0.2, 0) is 4.74 Å². The number of benzene rings is 3. The number of hydrogen-bond donors (Lipinski definition) is 2. The van der Waals surface area contributed by atoms with Gasteiger partial charge in [-0.05, 0) is 72.3 Å². The standard InChI is InChI=1S/C32H36N4O3/c1-2-26-12-14-36(30-6-4-3-5-29(30)34-26)32(37)25-7-9-27(23-8-10-28-24(21-23)11-13-33-28)31(22-25)39-20-17-35-15-18-38-19-16-35/h3-11,13,21-22,26,33-34H,2,12,14-20H2,1H3. The Kier molecular flexibility index (Phi) is 7.52. The Hall–Kier alpha value is -3.81. The van der Waals surface area contributed by atoms with Gasteiger partial charge in [0, 0.05) is 55.1 Å². The monoisotopic (exact) mass is 524 g/mol. The molecule has 202 valence electrons. The van der Waals surface area contributed by atoms with E-state index in [4.69, 9.17) is 9.47 Å². The largest absolute Gasteiger partial charge is 0.492 e. The Morgan fingerprint density at radius 3 is 2.77 bits per heavy atom. The maximum absolute atomic E-state index is 14.0. The SMILES string of the molecule is CCC1CCN(C(=O)c2ccc(-c3ccc4[nH]ccc4c3)c(OCCN3CCOCC3)c2)c2ccccc2N1. The highest BCUT2D eigenvalue weighted by Crippen LogP contribution is 2.35. The van der Waals surface area contributed by atoms with Gasteiger partial charge in [0.25, 0.3) is 5.91 Å². The molecule has 0 bridgehead atoms. The average molecular weight is 525 g/mol. The number of anilines is 2. The predicted octanol–water partition coefficient (Wildman–Crippen LogP) is 5.79. The van der Waals surface area contributed by atoms with E-state index in [-0.39, 0.29) is 5.91 Å². The molecule has 2 N–H and O–H groups in total. The number of carbonyl (C=O) groups excluding carboxylic acids is 1. The topological polar surface area (TPSA) is 69.8 Å². The molecule has 1 amide bonds. The zero-order chi connectivity index (χ0) is 26.6. The highest BCUT2D eigenvalue weighted by atomic mass is 16.5. The predicted molar refractivity (Wildman–Crippen MR) is 157 cm³/mol. The highest BCUT2D eigenvalue weighted by molar-refractivity contribution is 6.08. The zero-order valence-electron chi connectivity index (χ0n) is 22.5. The molecule has 2 aliphatic heterocycles. The number of rotatable bonds is 7. The van der Waals surface area contributed by atoms with Crippen molar-refractivity contribution in [2.24, 2.45) is 0 Å². The number of H-pyrrole nitrogens is 1. The fourth-order valence-electron chi connectivity index (χ4n) is 5.55. The van der Waals surface area contributed by atoms with Crippen molar-refractivity contribution in [2.75, 3.05) is 56.2 Å². The smallest absolute Gasteiger partial charge is 0.258 e. The number of nitrogens with one attached hydrogen (secondary N) is 2. The van der Waals surface area contributed by atoms with Gasteiger partial charge >= 0.3 is 0 Å². The minimum Gasteiger partial charge on any atom is -0.492 e. The van der Waals surface area contributed by atoms with Gasteiger partial charge < -0.3 is 24.7 Å². The van der Waals surface area contributed by atoms with Gasteiger partial charge in [0.1, 0.15) is 12.4 Å². The molecule has 2 aliphatic rings. The third-order valence-corrected chi connectivity index (χ3v) is 7.86. The minimum atomic E-state index is -0.00771. The van der Waals surface area contributed by atoms with Gasteiger partial charge in [-0.3, -0.25) is 9.69 Å². The van der Waals surface area contributed by atoms with Gasteiger partial charge in [0.2, 0.25) is 0 Å². The first-order valence-electron chi connectivity index (χ1n) is 14.0. The lowest BCUT2D eigenvalue weighted by Crippen LogP contribution is -2.38. The van der Waals surface area contributed by atoms with Crippen molar-refractivity contribution in [3.05, 3.63) is 78.5 Å². The van der Waals surface area contributed by atoms with Gasteiger partial charge in [0.15, 0.2) is 0 Å². The van der Waals surface area contributed by atoms with Crippen LogP contribution in [0.15, 0.2) is 72.9 Å². The number of hydrogen-bond acceptors (Lipinski definition) is 5. The summed E-state index contributed by atoms with van der Waals surface area (Å²) in [5, 5.41) is 4.77. The van der Waals surface area contributed by atoms with Crippen LogP contribution in [0, 0.1) is 0 Å². The van der Waals surface area contributed by atoms with Crippen LogP contribution in [0.25, 0.3) is 22.0 Å². The first-order chi connectivity index (χ1) is 19.2. The molecule has 0 saturated carbocycles. The number of carbonyl (C=O) groups is 1. The number of fused-ring (bicyclic) bond motifs is 2. The van der Waals surface area contributed by atoms with Gasteiger partial charge in [-0.1, -0.05) is 25.1 Å². The summed E-state index contributed by atoms with van der Waals surface area (Å²) in [7, 11) is 0. The van der Waals surface area contributed by atoms with Crippen molar-refractivity contribution in [3.63, 3.8) is 0 Å². The molecule has 1 fully saturated rings. The summed E-state index contributed by atoms with van der Waals surface area (Å²) in [6.45, 7) is 7.57. The fraction of sp³-hybridized carbons (Fsp3) is 0.344. The second-order valence-corrected chi connectivity index (χ2v) is 10.3. The van der Waals surface area contributed by atoms with Gasteiger partial charge in [-0.2, -0.15) is 0 Å². The van der Waals surface area contributed by atoms with E-state index in [1.807, 2.05) is 47.5 Å². The van der Waals surface area contributed by atoms with Crippen LogP contribution in [0.2, 0.25) is 0 Å². The van der Waals surface area contributed by atoms with Gasteiger partial charge in [-0.15, -0.1) is 0 Å². The average Bonchev–Trinajstić information content (AvgIpc) is 3.37. The van der Waals surface area contributed by atoms with Crippen LogP contribution in [-0.4, -0.2) is 67.8 Å². The van der Waals surface area contributed by atoms with Crippen LogP contribution in [0.1, 0.15) is 30.1 Å². The van der Waals surface area contributed by atoms with E-state index >= 15 is 0 Å². The first-order valence-corrected chi connectivity index (χ1v) is 14.0. The van der Waals surface area contributed by atoms with Crippen molar-refractivity contribution in [2.45, 2.75) is 25.8 Å². The second-order valence-electron chi connectivity index (χ2n) is 10.3. The maximum atomic E-state index is 14.0. The number of morpholine rings is 1. The van der Waals surface area contributed by atoms with Crippen molar-refractivity contribution < 1.29 is 14.3 Å². The van der Waals surface area contributed by atoms with E-state index in [1.54, 1.807) is 0 Å². The molecule has 7 heteroatoms. The van der Waals surface area contributed by atoms with Crippen molar-refractivity contribution >= 4 is 28.2 Å². The molecule has 0 radical (unpaired) electrons. The lowest BCUT2D eigenvalue weighted by Gasteiger charge is -2.26. The van der Waals surface area contributed by atoms with Crippen LogP contribution in [0.5, 0.6) is 5.75 Å². The Bertz CT molecular complexity index is 1440. The molecule has 3 heterocycles. The van der Waals surface area contributed by atoms with Crippen molar-refractivity contribution in [1.29, 1.82) is 0 Å². The number of aromatic nitrogens is 1. The number of nitrogens with zero attached hydrogens (tertiary/aromatic N) is 2. The Morgan fingerprint density at radius 2 is 1.90 bits per heavy atom. The summed E-state index contributed by atoms with van der Waals surface area (Å²) in [5.74, 6) is 0.725. The Balaban J connectivity index is 1.31. The molecule has 0 aliphatic carbocycles. The summed E-state index contributed by atoms with van der Waals surface area (Å²) in [4.78, 5) is 21.5. The van der Waals surface area contributed by atoms with E-state index in [2.05, 4.69) is 52.5 Å². The minimum absolute atomic E-state index is 0.00771. The summed E-state index contributed by atoms with van der Waals surface area (Å²) >= 11 is 0. The molecular formula is C32H36N4O3. The normalized spacial score (nSPS) is 17.9. The van der Waals surface area contributed by atoms with Gasteiger partial charge in [0.05, 0.1) is 24.6 Å². The van der Waals surface area contributed by atoms with E-state index < -0.39 is 0 Å². The van der Waals surface area contributed by atoms with E-state index in [0.29, 0.717) is 24.8 Å². The number of ether oxygens (including phenoxy) is 2. The number of amides is 1. The summed E-state index contributed by atoms with van der Waals surface area (Å²) < 4.78 is 11.9. The van der Waals surface area contributed by atoms with Crippen LogP contribution in [0.3, 0.4) is 0 Å². The van der Waals surface area contributed by atoms with Crippen LogP contribution >= 0.6 is 0 Å². The molecule has 3 aromatic carbocycles. The van der Waals surface area contributed by atoms with E-state index in [9.17, 15) is 4.79 Å². The third-order valence-electron chi connectivity index (χ3n) is 7.86. The molecule has 1 aromatic heterocycles. The van der Waals surface area contributed by atoms with E-state index in [1.165, 1.54) is 0 Å². The Morgan fingerprint density at radius 1 is 1.03 bits per heavy atom. The summed E-state index contributed by atoms with van der Waals surface area (Å²) in [5.41, 5.74) is 5.72. The van der Waals surface area contributed by atoms with Crippen LogP contribution in [0.4, 0.5) is 11.4 Å². The maximum Gasteiger partial charge on any atom is 0.258 e. The molecule has 1 atom stereocenters. The Labute approximate surface area is 229 Å². The molecule has 1 unspecified atom stereocenters. The molecule has 1 saturated heterocycles. The molecular weight excluding hydrogens is 488 g/mol.